The number of nitrogens with zero attached hydrogens (tertiary/aromatic N) is 1. The molecule has 20 heavy (non-hydrogen) atoms. The van der Waals surface area contributed by atoms with E-state index < -0.39 is 12.1 Å². The molecule has 4 heteroatoms. The van der Waals surface area contributed by atoms with E-state index in [0.29, 0.717) is 5.56 Å². The Bertz CT molecular complexity index is 552. The summed E-state index contributed by atoms with van der Waals surface area (Å²) in [6.07, 6.45) is 2.82. The molecule has 4 nitrogen and oxygen atoms in total. The number of benzene rings is 1. The number of carbonyl (C=O) groups is 2. The summed E-state index contributed by atoms with van der Waals surface area (Å²) in [6, 6.07) is 9.09. The van der Waals surface area contributed by atoms with Crippen molar-refractivity contribution in [3.63, 3.8) is 0 Å². The molecule has 0 aliphatic heterocycles. The van der Waals surface area contributed by atoms with Crippen molar-refractivity contribution in [3.05, 3.63) is 41.5 Å². The summed E-state index contributed by atoms with van der Waals surface area (Å²) in [5.74, 6) is -0.959. The van der Waals surface area contributed by atoms with Gasteiger partial charge < -0.3 is 4.74 Å². The molecule has 0 aliphatic carbocycles. The fraction of sp³-hybridized carbons (Fsp3) is 0.312. The highest BCUT2D eigenvalue weighted by atomic mass is 16.5. The summed E-state index contributed by atoms with van der Waals surface area (Å²) < 4.78 is 4.86. The molecule has 2 atom stereocenters. The van der Waals surface area contributed by atoms with E-state index in [1.807, 2.05) is 24.3 Å². The lowest BCUT2D eigenvalue weighted by Crippen LogP contribution is -2.27. The number of hydrogen-bond acceptors (Lipinski definition) is 4. The molecule has 0 aromatic heterocycles. The molecule has 0 spiro atoms. The molecular formula is C16H17NO3. The summed E-state index contributed by atoms with van der Waals surface area (Å²) in [5.41, 5.74) is 1.50. The van der Waals surface area contributed by atoms with E-state index in [1.165, 1.54) is 6.92 Å². The van der Waals surface area contributed by atoms with Gasteiger partial charge >= 0.3 is 5.97 Å². The van der Waals surface area contributed by atoms with Crippen molar-refractivity contribution in [1.29, 1.82) is 5.26 Å². The van der Waals surface area contributed by atoms with Gasteiger partial charge in [0.1, 0.15) is 0 Å². The number of ketones is 1. The molecule has 104 valence electrons. The van der Waals surface area contributed by atoms with Gasteiger partial charge in [-0.25, -0.2) is 0 Å². The predicted molar refractivity (Wildman–Crippen MR) is 75.6 cm³/mol. The first kappa shape index (κ1) is 15.6. The van der Waals surface area contributed by atoms with E-state index in [-0.39, 0.29) is 11.7 Å². The lowest BCUT2D eigenvalue weighted by Gasteiger charge is -2.13. The van der Waals surface area contributed by atoms with Crippen molar-refractivity contribution in [1.82, 2.24) is 0 Å². The topological polar surface area (TPSA) is 67.2 Å². The minimum Gasteiger partial charge on any atom is -0.455 e. The number of carbonyl (C=O) groups excluding carboxylic acids is 2. The van der Waals surface area contributed by atoms with Crippen molar-refractivity contribution in [2.24, 2.45) is 5.92 Å². The van der Waals surface area contributed by atoms with Crippen LogP contribution in [0.15, 0.2) is 30.3 Å². The number of nitriles is 1. The predicted octanol–water partition coefficient (Wildman–Crippen LogP) is 2.73. The monoisotopic (exact) mass is 271 g/mol. The minimum atomic E-state index is -0.742. The molecule has 0 fully saturated rings. The van der Waals surface area contributed by atoms with Gasteiger partial charge in [0.05, 0.1) is 11.6 Å². The van der Waals surface area contributed by atoms with Crippen molar-refractivity contribution in [2.45, 2.75) is 26.9 Å². The Morgan fingerprint density at radius 2 is 1.85 bits per heavy atom. The molecule has 0 N–H and O–H groups in total. The standard InChI is InChI=1S/C16H17NO3/c1-11(16(19)12(2)20-13(3)18)4-5-14-6-8-15(10-17)9-7-14/h4-9,11-12H,1-3H3/b5-4+. The molecule has 2 unspecified atom stereocenters. The second-order valence-corrected chi connectivity index (χ2v) is 4.54. The maximum atomic E-state index is 11.9. The zero-order valence-corrected chi connectivity index (χ0v) is 11.8. The second kappa shape index (κ2) is 7.25. The zero-order valence-electron chi connectivity index (χ0n) is 11.8. The Hall–Kier alpha value is -2.41. The number of Topliss-reactive ketones (excluding diaryl/α,β-unsaturated/α-hetero) is 1. The Kier molecular flexibility index (Phi) is 5.67. The molecule has 0 bridgehead atoms. The first-order valence-corrected chi connectivity index (χ1v) is 6.33. The van der Waals surface area contributed by atoms with Crippen LogP contribution in [-0.2, 0) is 14.3 Å². The van der Waals surface area contributed by atoms with Crippen LogP contribution in [0, 0.1) is 17.2 Å². The third-order valence-electron chi connectivity index (χ3n) is 2.81. The van der Waals surface area contributed by atoms with Crippen LogP contribution in [0.5, 0.6) is 0 Å². The summed E-state index contributed by atoms with van der Waals surface area (Å²) in [4.78, 5) is 22.7. The van der Waals surface area contributed by atoms with Crippen LogP contribution in [0.3, 0.4) is 0 Å². The minimum absolute atomic E-state index is 0.148. The Labute approximate surface area is 118 Å². The average molecular weight is 271 g/mol. The molecule has 0 saturated carbocycles. The van der Waals surface area contributed by atoms with Crippen LogP contribution >= 0.6 is 0 Å². The van der Waals surface area contributed by atoms with Gasteiger partial charge in [0.25, 0.3) is 0 Å². The fourth-order valence-electron chi connectivity index (χ4n) is 1.70. The zero-order chi connectivity index (χ0) is 15.1. The van der Waals surface area contributed by atoms with Gasteiger partial charge in [-0.15, -0.1) is 0 Å². The highest BCUT2D eigenvalue weighted by Crippen LogP contribution is 2.11. The van der Waals surface area contributed by atoms with E-state index in [9.17, 15) is 9.59 Å². The average Bonchev–Trinajstić information content (AvgIpc) is 2.43. The largest absolute Gasteiger partial charge is 0.455 e. The number of esters is 1. The fourth-order valence-corrected chi connectivity index (χ4v) is 1.70. The van der Waals surface area contributed by atoms with Crippen LogP contribution in [0.25, 0.3) is 6.08 Å². The molecule has 0 radical (unpaired) electrons. The molecular weight excluding hydrogens is 254 g/mol. The Balaban J connectivity index is 2.66. The van der Waals surface area contributed by atoms with Gasteiger partial charge in [-0.1, -0.05) is 31.2 Å². The van der Waals surface area contributed by atoms with Gasteiger partial charge in [0.15, 0.2) is 11.9 Å². The third kappa shape index (κ3) is 4.69. The van der Waals surface area contributed by atoms with Crippen LogP contribution in [-0.4, -0.2) is 17.9 Å². The number of allylic oxidation sites excluding steroid dienone is 1. The van der Waals surface area contributed by atoms with E-state index in [4.69, 9.17) is 10.00 Å². The molecule has 0 heterocycles. The van der Waals surface area contributed by atoms with Crippen molar-refractivity contribution >= 4 is 17.8 Å². The van der Waals surface area contributed by atoms with E-state index in [0.717, 1.165) is 5.56 Å². The highest BCUT2D eigenvalue weighted by molar-refractivity contribution is 5.88. The summed E-state index contributed by atoms with van der Waals surface area (Å²) in [6.45, 7) is 4.60. The normalized spacial score (nSPS) is 13.5. The second-order valence-electron chi connectivity index (χ2n) is 4.54. The van der Waals surface area contributed by atoms with Crippen molar-refractivity contribution in [2.75, 3.05) is 0 Å². The lowest BCUT2D eigenvalue weighted by atomic mass is 10.0. The van der Waals surface area contributed by atoms with Crippen LogP contribution in [0.2, 0.25) is 0 Å². The summed E-state index contributed by atoms with van der Waals surface area (Å²) in [5, 5.41) is 8.70. The van der Waals surface area contributed by atoms with Crippen molar-refractivity contribution in [3.8, 4) is 6.07 Å². The van der Waals surface area contributed by atoms with Gasteiger partial charge in [-0.3, -0.25) is 9.59 Å². The summed E-state index contributed by atoms with van der Waals surface area (Å²) >= 11 is 0. The SMILES string of the molecule is CC(=O)OC(C)C(=O)C(C)/C=C/c1ccc(C#N)cc1. The first-order valence-electron chi connectivity index (χ1n) is 6.33. The highest BCUT2D eigenvalue weighted by Gasteiger charge is 2.20. The van der Waals surface area contributed by atoms with E-state index >= 15 is 0 Å². The summed E-state index contributed by atoms with van der Waals surface area (Å²) in [7, 11) is 0. The van der Waals surface area contributed by atoms with Crippen LogP contribution < -0.4 is 0 Å². The molecule has 1 aromatic carbocycles. The Morgan fingerprint density at radius 1 is 1.25 bits per heavy atom. The van der Waals surface area contributed by atoms with Gasteiger partial charge in [0, 0.05) is 12.8 Å². The van der Waals surface area contributed by atoms with Gasteiger partial charge in [-0.05, 0) is 24.6 Å². The number of rotatable bonds is 5. The molecule has 1 aromatic rings. The molecule has 1 rings (SSSR count). The van der Waals surface area contributed by atoms with E-state index in [2.05, 4.69) is 0 Å². The van der Waals surface area contributed by atoms with Gasteiger partial charge in [0.2, 0.25) is 0 Å². The quantitative estimate of drug-likeness (QED) is 0.772. The molecule has 0 saturated heterocycles. The first-order chi connectivity index (χ1) is 9.43. The van der Waals surface area contributed by atoms with Crippen LogP contribution in [0.1, 0.15) is 31.9 Å². The maximum Gasteiger partial charge on any atom is 0.303 e. The number of hydrogen-bond donors (Lipinski definition) is 0. The molecule has 0 aliphatic rings. The Morgan fingerprint density at radius 3 is 2.35 bits per heavy atom. The smallest absolute Gasteiger partial charge is 0.303 e. The lowest BCUT2D eigenvalue weighted by molar-refractivity contribution is -0.152. The maximum absolute atomic E-state index is 11.9. The van der Waals surface area contributed by atoms with Gasteiger partial charge in [-0.2, -0.15) is 5.26 Å². The van der Waals surface area contributed by atoms with Crippen molar-refractivity contribution < 1.29 is 14.3 Å². The molecule has 0 amide bonds. The number of ether oxygens (including phenoxy) is 1. The third-order valence-corrected chi connectivity index (χ3v) is 2.81. The van der Waals surface area contributed by atoms with E-state index in [1.54, 1.807) is 32.1 Å². The van der Waals surface area contributed by atoms with Crippen LogP contribution in [0.4, 0.5) is 0 Å².